The Morgan fingerprint density at radius 1 is 1.11 bits per heavy atom. The van der Waals surface area contributed by atoms with Gasteiger partial charge in [0.05, 0.1) is 39.6 Å². The molecule has 1 atom stereocenters. The first kappa shape index (κ1) is 25.7. The lowest BCUT2D eigenvalue weighted by molar-refractivity contribution is 0.0950. The molecule has 0 aromatic carbocycles. The van der Waals surface area contributed by atoms with Gasteiger partial charge in [0.25, 0.3) is 5.91 Å². The molecule has 4 aromatic rings. The molecular weight excluding hydrogens is 502 g/mol. The summed E-state index contributed by atoms with van der Waals surface area (Å²) in [6.07, 6.45) is 6.45. The zero-order valence-corrected chi connectivity index (χ0v) is 22.3. The van der Waals surface area contributed by atoms with E-state index in [1.807, 2.05) is 36.4 Å². The SMILES string of the molecule is CN1CC[C@@H](N(C)c2cccc(-c3ccc4cnc(CNC(=O)c5cncc(S(C)(=O)=O)c5)cc4n3)n2)C1. The molecule has 0 radical (unpaired) electrons. The maximum Gasteiger partial charge on any atom is 0.253 e. The second-order valence-electron chi connectivity index (χ2n) is 9.63. The topological polar surface area (TPSA) is 121 Å². The Hall–Kier alpha value is -3.96. The van der Waals surface area contributed by atoms with Gasteiger partial charge in [0.1, 0.15) is 5.82 Å². The normalized spacial score (nSPS) is 16.0. The molecule has 11 heteroatoms. The van der Waals surface area contributed by atoms with E-state index in [4.69, 9.17) is 9.97 Å². The minimum Gasteiger partial charge on any atom is -0.355 e. The summed E-state index contributed by atoms with van der Waals surface area (Å²) in [4.78, 5) is 35.2. The molecule has 1 aliphatic heterocycles. The van der Waals surface area contributed by atoms with Gasteiger partial charge in [-0.25, -0.2) is 18.4 Å². The fraction of sp³-hybridized carbons (Fsp3) is 0.296. The molecule has 5 rings (SSSR count). The first-order valence-electron chi connectivity index (χ1n) is 12.3. The molecular formula is C27H29N7O3S. The van der Waals surface area contributed by atoms with Crippen LogP contribution >= 0.6 is 0 Å². The molecule has 1 N–H and O–H groups in total. The standard InChI is InChI=1S/C27H29N7O3S/c1-33-10-9-21(17-33)34(2)26-6-4-5-23(32-26)24-8-7-18-14-29-20(12-25(18)31-24)15-30-27(35)19-11-22(16-28-13-19)38(3,36)37/h4-8,11-14,16,21H,9-10,15,17H2,1-3H3,(H,30,35)/t21-/m1/s1. The zero-order valence-electron chi connectivity index (χ0n) is 21.5. The summed E-state index contributed by atoms with van der Waals surface area (Å²) in [5, 5.41) is 3.64. The van der Waals surface area contributed by atoms with E-state index in [0.29, 0.717) is 11.7 Å². The van der Waals surface area contributed by atoms with Crippen molar-refractivity contribution in [3.8, 4) is 11.4 Å². The lowest BCUT2D eigenvalue weighted by Crippen LogP contribution is -2.34. The smallest absolute Gasteiger partial charge is 0.253 e. The van der Waals surface area contributed by atoms with Crippen LogP contribution in [0.3, 0.4) is 0 Å². The Morgan fingerprint density at radius 3 is 2.68 bits per heavy atom. The van der Waals surface area contributed by atoms with Gasteiger partial charge in [-0.3, -0.25) is 14.8 Å². The summed E-state index contributed by atoms with van der Waals surface area (Å²) >= 11 is 0. The molecule has 0 aliphatic carbocycles. The van der Waals surface area contributed by atoms with Crippen LogP contribution < -0.4 is 10.2 Å². The van der Waals surface area contributed by atoms with Gasteiger partial charge in [0.2, 0.25) is 0 Å². The lowest BCUT2D eigenvalue weighted by Gasteiger charge is -2.25. The summed E-state index contributed by atoms with van der Waals surface area (Å²) in [6.45, 7) is 2.25. The van der Waals surface area contributed by atoms with E-state index in [-0.39, 0.29) is 17.0 Å². The Morgan fingerprint density at radius 2 is 1.92 bits per heavy atom. The maximum atomic E-state index is 12.6. The van der Waals surface area contributed by atoms with Crippen molar-refractivity contribution in [1.29, 1.82) is 0 Å². The number of nitrogens with one attached hydrogen (secondary N) is 1. The Labute approximate surface area is 221 Å². The number of anilines is 1. The van der Waals surface area contributed by atoms with E-state index in [9.17, 15) is 13.2 Å². The third kappa shape index (κ3) is 5.63. The van der Waals surface area contributed by atoms with Gasteiger partial charge in [-0.15, -0.1) is 0 Å². The monoisotopic (exact) mass is 531 g/mol. The highest BCUT2D eigenvalue weighted by Gasteiger charge is 2.24. The van der Waals surface area contributed by atoms with E-state index in [1.165, 1.54) is 18.5 Å². The number of likely N-dealkylation sites (N-methyl/N-ethyl adjacent to an activating group) is 2. The number of fused-ring (bicyclic) bond motifs is 1. The van der Waals surface area contributed by atoms with Gasteiger partial charge < -0.3 is 15.1 Å². The predicted octanol–water partition coefficient (Wildman–Crippen LogP) is 2.56. The summed E-state index contributed by atoms with van der Waals surface area (Å²) < 4.78 is 23.5. The molecule has 1 fully saturated rings. The van der Waals surface area contributed by atoms with E-state index >= 15 is 0 Å². The zero-order chi connectivity index (χ0) is 26.9. The molecule has 5 heterocycles. The average Bonchev–Trinajstić information content (AvgIpc) is 3.36. The number of amides is 1. The first-order valence-corrected chi connectivity index (χ1v) is 14.1. The summed E-state index contributed by atoms with van der Waals surface area (Å²) in [6, 6.07) is 13.4. The number of sulfone groups is 1. The van der Waals surface area contributed by atoms with Crippen LogP contribution in [0.25, 0.3) is 22.3 Å². The highest BCUT2D eigenvalue weighted by atomic mass is 32.2. The van der Waals surface area contributed by atoms with Gasteiger partial charge in [-0.1, -0.05) is 6.07 Å². The molecule has 10 nitrogen and oxygen atoms in total. The number of pyridine rings is 4. The first-order chi connectivity index (χ1) is 18.2. The lowest BCUT2D eigenvalue weighted by atomic mass is 10.1. The molecule has 0 spiro atoms. The van der Waals surface area contributed by atoms with Crippen LogP contribution in [0.4, 0.5) is 5.82 Å². The van der Waals surface area contributed by atoms with E-state index in [1.54, 1.807) is 6.20 Å². The van der Waals surface area contributed by atoms with Crippen LogP contribution in [-0.2, 0) is 16.4 Å². The summed E-state index contributed by atoms with van der Waals surface area (Å²) in [5.74, 6) is 0.474. The van der Waals surface area contributed by atoms with Crippen molar-refractivity contribution in [3.05, 3.63) is 72.3 Å². The van der Waals surface area contributed by atoms with Crippen molar-refractivity contribution in [2.24, 2.45) is 0 Å². The van der Waals surface area contributed by atoms with Gasteiger partial charge in [-0.2, -0.15) is 0 Å². The van der Waals surface area contributed by atoms with E-state index in [2.05, 4.69) is 39.2 Å². The highest BCUT2D eigenvalue weighted by molar-refractivity contribution is 7.90. The molecule has 0 saturated carbocycles. The maximum absolute atomic E-state index is 12.6. The second kappa shape index (κ2) is 10.4. The van der Waals surface area contributed by atoms with Crippen LogP contribution in [0.2, 0.25) is 0 Å². The van der Waals surface area contributed by atoms with Crippen molar-refractivity contribution < 1.29 is 13.2 Å². The fourth-order valence-corrected chi connectivity index (χ4v) is 5.09. The van der Waals surface area contributed by atoms with Crippen LogP contribution in [0, 0.1) is 0 Å². The van der Waals surface area contributed by atoms with Crippen molar-refractivity contribution in [3.63, 3.8) is 0 Å². The van der Waals surface area contributed by atoms with Crippen molar-refractivity contribution in [1.82, 2.24) is 30.2 Å². The number of aromatic nitrogens is 4. The van der Waals surface area contributed by atoms with Crippen molar-refractivity contribution in [2.75, 3.05) is 38.3 Å². The molecule has 1 aliphatic rings. The van der Waals surface area contributed by atoms with Gasteiger partial charge >= 0.3 is 0 Å². The van der Waals surface area contributed by atoms with Crippen LogP contribution in [0.15, 0.2) is 66.0 Å². The fourth-order valence-electron chi connectivity index (χ4n) is 4.49. The minimum atomic E-state index is -3.46. The molecule has 1 saturated heterocycles. The minimum absolute atomic E-state index is 0.00911. The second-order valence-corrected chi connectivity index (χ2v) is 11.6. The number of hydrogen-bond acceptors (Lipinski definition) is 9. The van der Waals surface area contributed by atoms with Crippen molar-refractivity contribution >= 4 is 32.5 Å². The number of nitrogens with zero attached hydrogens (tertiary/aromatic N) is 6. The largest absolute Gasteiger partial charge is 0.355 e. The number of carbonyl (C=O) groups excluding carboxylic acids is 1. The van der Waals surface area contributed by atoms with Crippen LogP contribution in [-0.4, -0.2) is 78.6 Å². The third-order valence-electron chi connectivity index (χ3n) is 6.74. The predicted molar refractivity (Wildman–Crippen MR) is 146 cm³/mol. The Kier molecular flexibility index (Phi) is 7.04. The van der Waals surface area contributed by atoms with Crippen LogP contribution in [0.5, 0.6) is 0 Å². The van der Waals surface area contributed by atoms with Crippen molar-refractivity contribution in [2.45, 2.75) is 23.9 Å². The van der Waals surface area contributed by atoms with E-state index < -0.39 is 15.7 Å². The highest BCUT2D eigenvalue weighted by Crippen LogP contribution is 2.24. The average molecular weight is 532 g/mol. The number of hydrogen-bond donors (Lipinski definition) is 1. The molecule has 1 amide bonds. The molecule has 0 bridgehead atoms. The van der Waals surface area contributed by atoms with E-state index in [0.717, 1.165) is 53.9 Å². The van der Waals surface area contributed by atoms with Gasteiger partial charge in [0, 0.05) is 49.9 Å². The summed E-state index contributed by atoms with van der Waals surface area (Å²) in [7, 11) is 0.760. The Bertz CT molecular complexity index is 1610. The molecule has 38 heavy (non-hydrogen) atoms. The number of likely N-dealkylation sites (tertiary alicyclic amines) is 1. The molecule has 196 valence electrons. The summed E-state index contributed by atoms with van der Waals surface area (Å²) in [5.41, 5.74) is 3.05. The van der Waals surface area contributed by atoms with Crippen LogP contribution in [0.1, 0.15) is 22.5 Å². The third-order valence-corrected chi connectivity index (χ3v) is 7.82. The van der Waals surface area contributed by atoms with Gasteiger partial charge in [-0.05, 0) is 56.4 Å². The van der Waals surface area contributed by atoms with Gasteiger partial charge in [0.15, 0.2) is 9.84 Å². The molecule has 4 aromatic heterocycles. The number of carbonyl (C=O) groups is 1. The Balaban J connectivity index is 1.33. The molecule has 0 unspecified atom stereocenters. The quantitative estimate of drug-likeness (QED) is 0.383. The number of rotatable bonds is 7.